The lowest BCUT2D eigenvalue weighted by Gasteiger charge is -2.46. The van der Waals surface area contributed by atoms with E-state index in [4.69, 9.17) is 4.74 Å². The maximum atomic E-state index is 13.8. The van der Waals surface area contributed by atoms with Crippen LogP contribution in [0.1, 0.15) is 42.6 Å². The molecule has 2 aliphatic rings. The lowest BCUT2D eigenvalue weighted by molar-refractivity contribution is -0.124. The zero-order valence-corrected chi connectivity index (χ0v) is 15.2. The number of hydrogen-bond donors (Lipinski definition) is 0. The van der Waals surface area contributed by atoms with Crippen LogP contribution < -0.4 is 0 Å². The Kier molecular flexibility index (Phi) is 5.69. The van der Waals surface area contributed by atoms with Gasteiger partial charge in [-0.25, -0.2) is 9.37 Å². The summed E-state index contributed by atoms with van der Waals surface area (Å²) in [5.74, 6) is -0.176. The highest BCUT2D eigenvalue weighted by molar-refractivity contribution is 5.92. The van der Waals surface area contributed by atoms with E-state index in [0.717, 1.165) is 38.8 Å². The van der Waals surface area contributed by atoms with Gasteiger partial charge in [0.15, 0.2) is 11.5 Å². The summed E-state index contributed by atoms with van der Waals surface area (Å²) in [6.45, 7) is 3.12. The van der Waals surface area contributed by atoms with Gasteiger partial charge in [0.25, 0.3) is 5.91 Å². The first-order valence-corrected chi connectivity index (χ1v) is 9.18. The van der Waals surface area contributed by atoms with Crippen LogP contribution in [0.25, 0.3) is 0 Å². The maximum absolute atomic E-state index is 13.8. The summed E-state index contributed by atoms with van der Waals surface area (Å²) >= 11 is 0. The molecule has 138 valence electrons. The Hall–Kier alpha value is -1.53. The van der Waals surface area contributed by atoms with E-state index in [1.54, 1.807) is 4.90 Å². The number of carbonyl (C=O) groups excluding carboxylic acids is 1. The number of pyridine rings is 1. The molecule has 2 aliphatic heterocycles. The molecule has 1 unspecified atom stereocenters. The molecule has 5 nitrogen and oxygen atoms in total. The van der Waals surface area contributed by atoms with Crippen LogP contribution in [0.4, 0.5) is 4.39 Å². The van der Waals surface area contributed by atoms with Gasteiger partial charge in [0.05, 0.1) is 5.60 Å². The predicted octanol–water partition coefficient (Wildman–Crippen LogP) is 2.57. The Morgan fingerprint density at radius 2 is 2.20 bits per heavy atom. The van der Waals surface area contributed by atoms with Crippen LogP contribution in [0.2, 0.25) is 0 Å². The van der Waals surface area contributed by atoms with E-state index >= 15 is 0 Å². The van der Waals surface area contributed by atoms with Crippen molar-refractivity contribution < 1.29 is 13.9 Å². The van der Waals surface area contributed by atoms with E-state index in [2.05, 4.69) is 24.0 Å². The van der Waals surface area contributed by atoms with Crippen molar-refractivity contribution in [1.29, 1.82) is 0 Å². The molecule has 0 radical (unpaired) electrons. The lowest BCUT2D eigenvalue weighted by atomic mass is 9.78. The number of nitrogens with zero attached hydrogens (tertiary/aromatic N) is 3. The van der Waals surface area contributed by atoms with Gasteiger partial charge in [-0.05, 0) is 70.8 Å². The number of amides is 1. The second-order valence-corrected chi connectivity index (χ2v) is 7.61. The van der Waals surface area contributed by atoms with Gasteiger partial charge in [-0.2, -0.15) is 0 Å². The van der Waals surface area contributed by atoms with Crippen molar-refractivity contribution in [2.24, 2.45) is 5.92 Å². The largest absolute Gasteiger partial charge is 0.375 e. The minimum atomic E-state index is -0.551. The van der Waals surface area contributed by atoms with Crippen molar-refractivity contribution in [1.82, 2.24) is 14.8 Å². The molecular formula is C19H28FN3O2. The fourth-order valence-electron chi connectivity index (χ4n) is 3.97. The molecule has 2 fully saturated rings. The molecule has 3 rings (SSSR count). The zero-order chi connectivity index (χ0) is 17.9. The highest BCUT2D eigenvalue weighted by atomic mass is 19.1. The average Bonchev–Trinajstić information content (AvgIpc) is 2.61. The monoisotopic (exact) mass is 349 g/mol. The molecular weight excluding hydrogens is 321 g/mol. The molecule has 1 atom stereocenters. The molecule has 25 heavy (non-hydrogen) atoms. The standard InChI is InChI=1S/C19H28FN3O2/c1-22(2)10-5-15-6-13-25-19(14-15)7-11-23(12-8-19)18(24)17-16(20)4-3-9-21-17/h3-4,9,15H,5-8,10-14H2,1-2H3. The number of likely N-dealkylation sites (tertiary alicyclic amines) is 1. The molecule has 1 spiro atoms. The van der Waals surface area contributed by atoms with Gasteiger partial charge < -0.3 is 14.5 Å². The van der Waals surface area contributed by atoms with E-state index < -0.39 is 5.82 Å². The third kappa shape index (κ3) is 4.36. The third-order valence-electron chi connectivity index (χ3n) is 5.50. The zero-order valence-electron chi connectivity index (χ0n) is 15.2. The first-order chi connectivity index (χ1) is 12.0. The Bertz CT molecular complexity index is 600. The van der Waals surface area contributed by atoms with Crippen molar-refractivity contribution in [3.05, 3.63) is 29.8 Å². The summed E-state index contributed by atoms with van der Waals surface area (Å²) in [4.78, 5) is 20.4. The number of carbonyl (C=O) groups is 1. The van der Waals surface area contributed by atoms with Gasteiger partial charge >= 0.3 is 0 Å². The van der Waals surface area contributed by atoms with Gasteiger partial charge in [0.1, 0.15) is 0 Å². The van der Waals surface area contributed by atoms with Gasteiger partial charge in [-0.3, -0.25) is 4.79 Å². The fourth-order valence-corrected chi connectivity index (χ4v) is 3.97. The van der Waals surface area contributed by atoms with Crippen molar-refractivity contribution in [3.8, 4) is 0 Å². The van der Waals surface area contributed by atoms with Crippen LogP contribution in [-0.4, -0.2) is 66.6 Å². The second-order valence-electron chi connectivity index (χ2n) is 7.61. The van der Waals surface area contributed by atoms with Crippen LogP contribution in [0.3, 0.4) is 0 Å². The SMILES string of the molecule is CN(C)CCC1CCOC2(CCN(C(=O)c3ncccc3F)CC2)C1. The van der Waals surface area contributed by atoms with Crippen LogP contribution in [0.5, 0.6) is 0 Å². The summed E-state index contributed by atoms with van der Waals surface area (Å²) in [7, 11) is 4.21. The number of halogens is 1. The molecule has 0 bridgehead atoms. The fraction of sp³-hybridized carbons (Fsp3) is 0.684. The van der Waals surface area contributed by atoms with Crippen LogP contribution >= 0.6 is 0 Å². The van der Waals surface area contributed by atoms with Crippen LogP contribution in [0.15, 0.2) is 18.3 Å². The lowest BCUT2D eigenvalue weighted by Crippen LogP contribution is -2.51. The topological polar surface area (TPSA) is 45.7 Å². The predicted molar refractivity (Wildman–Crippen MR) is 93.9 cm³/mol. The molecule has 0 saturated carbocycles. The van der Waals surface area contributed by atoms with E-state index in [-0.39, 0.29) is 17.2 Å². The van der Waals surface area contributed by atoms with E-state index in [1.807, 2.05) is 0 Å². The van der Waals surface area contributed by atoms with Crippen LogP contribution in [0, 0.1) is 11.7 Å². The minimum absolute atomic E-state index is 0.0770. The maximum Gasteiger partial charge on any atom is 0.275 e. The first kappa shape index (κ1) is 18.3. The Morgan fingerprint density at radius 3 is 2.88 bits per heavy atom. The number of piperidine rings is 1. The molecule has 1 amide bonds. The number of aromatic nitrogens is 1. The van der Waals surface area contributed by atoms with Crippen molar-refractivity contribution in [2.75, 3.05) is 40.3 Å². The number of rotatable bonds is 4. The Labute approximate surface area is 149 Å². The van der Waals surface area contributed by atoms with Crippen LogP contribution in [-0.2, 0) is 4.74 Å². The van der Waals surface area contributed by atoms with Crippen molar-refractivity contribution in [3.63, 3.8) is 0 Å². The number of ether oxygens (including phenoxy) is 1. The highest BCUT2D eigenvalue weighted by Gasteiger charge is 2.41. The summed E-state index contributed by atoms with van der Waals surface area (Å²) in [6.07, 6.45) is 6.50. The molecule has 0 aromatic carbocycles. The molecule has 3 heterocycles. The minimum Gasteiger partial charge on any atom is -0.375 e. The van der Waals surface area contributed by atoms with Gasteiger partial charge in [0, 0.05) is 25.9 Å². The highest BCUT2D eigenvalue weighted by Crippen LogP contribution is 2.39. The smallest absolute Gasteiger partial charge is 0.275 e. The number of hydrogen-bond acceptors (Lipinski definition) is 4. The summed E-state index contributed by atoms with van der Waals surface area (Å²) < 4.78 is 20.0. The molecule has 6 heteroatoms. The summed E-state index contributed by atoms with van der Waals surface area (Å²) in [5.41, 5.74) is -0.179. The third-order valence-corrected chi connectivity index (χ3v) is 5.50. The molecule has 1 aromatic rings. The van der Waals surface area contributed by atoms with Gasteiger partial charge in [-0.1, -0.05) is 0 Å². The normalized spacial score (nSPS) is 23.2. The average molecular weight is 349 g/mol. The second kappa shape index (κ2) is 7.79. The molecule has 1 aromatic heterocycles. The molecule has 0 N–H and O–H groups in total. The van der Waals surface area contributed by atoms with Crippen molar-refractivity contribution >= 4 is 5.91 Å². The van der Waals surface area contributed by atoms with Gasteiger partial charge in [-0.15, -0.1) is 0 Å². The van der Waals surface area contributed by atoms with Gasteiger partial charge in [0.2, 0.25) is 0 Å². The summed E-state index contributed by atoms with van der Waals surface area (Å²) in [5, 5.41) is 0. The molecule has 2 saturated heterocycles. The van der Waals surface area contributed by atoms with E-state index in [9.17, 15) is 9.18 Å². The van der Waals surface area contributed by atoms with E-state index in [0.29, 0.717) is 19.0 Å². The Balaban J connectivity index is 1.57. The molecule has 0 aliphatic carbocycles. The Morgan fingerprint density at radius 1 is 1.44 bits per heavy atom. The first-order valence-electron chi connectivity index (χ1n) is 9.18. The summed E-state index contributed by atoms with van der Waals surface area (Å²) in [6, 6.07) is 2.78. The van der Waals surface area contributed by atoms with Crippen molar-refractivity contribution in [2.45, 2.75) is 37.7 Å². The quantitative estimate of drug-likeness (QED) is 0.838. The van der Waals surface area contributed by atoms with E-state index in [1.165, 1.54) is 24.8 Å².